The number of halogens is 7. The molecule has 0 aliphatic heterocycles. The van der Waals surface area contributed by atoms with Crippen molar-refractivity contribution in [3.8, 4) is 12.3 Å². The van der Waals surface area contributed by atoms with Gasteiger partial charge in [0.25, 0.3) is 0 Å². The van der Waals surface area contributed by atoms with Crippen LogP contribution in [0.2, 0.25) is 0 Å². The second-order valence-electron chi connectivity index (χ2n) is 53.7. The molecule has 2 aliphatic carbocycles. The van der Waals surface area contributed by atoms with Gasteiger partial charge >= 0.3 is 0 Å². The molecular weight excluding hydrogens is 1560 g/mol. The predicted molar refractivity (Wildman–Crippen MR) is 565 cm³/mol. The molecule has 1 atom stereocenters. The Morgan fingerprint density at radius 3 is 0.847 bits per heavy atom. The molecule has 0 nitrogen and oxygen atoms in total. The van der Waals surface area contributed by atoms with Gasteiger partial charge in [0.05, 0.1) is 6.17 Å². The van der Waals surface area contributed by atoms with Gasteiger partial charge in [-0.1, -0.05) is 478 Å². The van der Waals surface area contributed by atoms with Gasteiger partial charge in [-0.25, -0.2) is 30.7 Å². The van der Waals surface area contributed by atoms with Crippen molar-refractivity contribution in [2.24, 2.45) is 87.6 Å². The summed E-state index contributed by atoms with van der Waals surface area (Å²) < 4.78 is 84.3. The van der Waals surface area contributed by atoms with Crippen LogP contribution in [-0.4, -0.2) is 36.5 Å². The third kappa shape index (κ3) is 184. The molecule has 124 heavy (non-hydrogen) atoms. The van der Waals surface area contributed by atoms with Crippen molar-refractivity contribution in [1.29, 1.82) is 0 Å². The van der Waals surface area contributed by atoms with E-state index in [0.29, 0.717) is 78.8 Å². The first kappa shape index (κ1) is 147. The Morgan fingerprint density at radius 2 is 0.750 bits per heavy atom. The first-order valence-corrected chi connectivity index (χ1v) is 49.7. The van der Waals surface area contributed by atoms with Crippen LogP contribution in [0.3, 0.4) is 0 Å². The number of rotatable bonds is 15. The van der Waals surface area contributed by atoms with Crippen molar-refractivity contribution in [3.05, 3.63) is 84.4 Å². The van der Waals surface area contributed by atoms with Crippen LogP contribution < -0.4 is 0 Å². The molecule has 0 aromatic heterocycles. The summed E-state index contributed by atoms with van der Waals surface area (Å²) in [6, 6.07) is 21.2. The van der Waals surface area contributed by atoms with Crippen molar-refractivity contribution in [3.63, 3.8) is 0 Å². The monoisotopic (exact) mass is 1790 g/mol. The van der Waals surface area contributed by atoms with Crippen molar-refractivity contribution in [1.82, 2.24) is 0 Å². The highest BCUT2D eigenvalue weighted by Gasteiger charge is 2.30. The zero-order chi connectivity index (χ0) is 101. The third-order valence-corrected chi connectivity index (χ3v) is 19.1. The van der Waals surface area contributed by atoms with Crippen molar-refractivity contribution < 1.29 is 30.7 Å². The standard InChI is InChI=1S/C12H18.C10H14.C9H18.C8H16F2.C8H16.C8H18.2C7H14F2.C7H15F.C7H16.C7H14.C7H12.C6H14S.2C6H14.CH4/c1-12(2,3)10-9-11-7-5-4-6-8-11;1-10(2,3)9-7-5-4-6-8-9;1-9(2,3)7-8-5-4-6-8;1-7(2,3)5-6-8(4,9)10;1-8(2,3)6-7-4-5-7;1-5-6-7-8(2,3)4;1-6(2,3)5-7(4,8)9;1-7(2,3)5-4-6(8)9;1-6(8)5-7(2,3)4;3*1-5-6-7(2,3)4;1-6(2,3)5-7-4;2*1-5-6(2,3)4;/h4-8H,9-10H2,1-3H3;4-8H,1-3H3;8H,4-7H2,1-3H3;5-6H2,1-4H3;7H,4-6H2,1-3H3;5-7H2,1-4H3;5H2,1-4H3;6H,4-5H2,1-3H3;6H,5H2,1-4H3;5-6H2,1-4H3;5H,1,6H2,2-4H3;1H,6H2,2-4H3;5H2,1-4H3;2*5H2,1-4H3;1H4. The Bertz CT molecular complexity index is 2550. The van der Waals surface area contributed by atoms with Crippen LogP contribution in [0, 0.1) is 100.0 Å². The number of allylic oxidation sites excluding steroid dienone is 1. The molecule has 2 fully saturated rings. The van der Waals surface area contributed by atoms with E-state index in [0.717, 1.165) is 38.5 Å². The minimum absolute atomic E-state index is 0. The number of benzene rings is 2. The molecule has 0 saturated heterocycles. The summed E-state index contributed by atoms with van der Waals surface area (Å²) in [5.74, 6) is 1.02. The fourth-order valence-electron chi connectivity index (χ4n) is 10.4. The molecule has 0 heterocycles. The van der Waals surface area contributed by atoms with E-state index in [4.69, 9.17) is 6.42 Å². The number of hydrogen-bond acceptors (Lipinski definition) is 1. The predicted octanol–water partition coefficient (Wildman–Crippen LogP) is 43.7. The first-order valence-electron chi connectivity index (χ1n) is 48.3. The van der Waals surface area contributed by atoms with E-state index >= 15 is 0 Å². The number of aryl methyl sites for hydroxylation is 1. The summed E-state index contributed by atoms with van der Waals surface area (Å²) >= 11 is 1.91. The van der Waals surface area contributed by atoms with Crippen LogP contribution in [0.25, 0.3) is 0 Å². The topological polar surface area (TPSA) is 0 Å². The molecule has 2 aliphatic rings. The summed E-state index contributed by atoms with van der Waals surface area (Å²) in [5, 5.41) is 0. The summed E-state index contributed by atoms with van der Waals surface area (Å²) in [6.45, 7) is 114. The summed E-state index contributed by atoms with van der Waals surface area (Å²) in [7, 11) is 0. The molecule has 0 N–H and O–H groups in total. The maximum absolute atomic E-state index is 12.3. The van der Waals surface area contributed by atoms with Crippen LogP contribution in [0.4, 0.5) is 30.7 Å². The summed E-state index contributed by atoms with van der Waals surface area (Å²) in [6.07, 6.45) is 32.2. The minimum Gasteiger partial charge on any atom is -0.248 e. The summed E-state index contributed by atoms with van der Waals surface area (Å²) in [5.41, 5.74) is 8.16. The number of alkyl halides is 7. The van der Waals surface area contributed by atoms with E-state index in [-0.39, 0.29) is 48.3 Å². The molecule has 0 radical (unpaired) electrons. The van der Waals surface area contributed by atoms with Gasteiger partial charge in [-0.2, -0.15) is 11.8 Å². The Morgan fingerprint density at radius 1 is 0.403 bits per heavy atom. The van der Waals surface area contributed by atoms with Gasteiger partial charge in [0.1, 0.15) is 0 Å². The number of hydrogen-bond donors (Lipinski definition) is 0. The van der Waals surface area contributed by atoms with Gasteiger partial charge < -0.3 is 0 Å². The molecule has 4 rings (SSSR count). The molecule has 0 spiro atoms. The Hall–Kier alpha value is -2.40. The molecule has 2 aromatic carbocycles. The van der Waals surface area contributed by atoms with Crippen LogP contribution in [0.5, 0.6) is 0 Å². The number of terminal acetylenes is 1. The van der Waals surface area contributed by atoms with Gasteiger partial charge in [0, 0.05) is 25.7 Å². The van der Waals surface area contributed by atoms with Crippen LogP contribution >= 0.6 is 11.8 Å². The van der Waals surface area contributed by atoms with E-state index in [1.165, 1.54) is 120 Å². The Labute approximate surface area is 785 Å². The van der Waals surface area contributed by atoms with Crippen molar-refractivity contribution in [2.75, 3.05) is 12.0 Å². The SMILES string of the molecule is C.C#CCC(C)(C)C.C=CCC(C)(C)C.CC(C)(C)CC(C)(F)F.CC(C)(C)CC1CC1.CC(C)(C)CC1CCC1.CC(C)(C)CCC(C)(F)F.CC(C)(C)CCC(F)F.CC(C)(C)CCc1ccccc1.CC(C)(C)c1ccccc1.CC(F)CC(C)(C)C.CCC(C)(C)C.CCC(C)(C)C.CCCC(C)(C)C.CCCCC(C)(C)C.CSCC(C)(C)C. The molecule has 2 saturated carbocycles. The lowest BCUT2D eigenvalue weighted by molar-refractivity contribution is -0.0169. The Balaban J connectivity index is -0.000000109. The lowest BCUT2D eigenvalue weighted by atomic mass is 9.74. The fraction of sp³-hybridized carbons (Fsp3) is 0.862. The third-order valence-electron chi connectivity index (χ3n) is 17.9. The minimum atomic E-state index is -2.52. The molecule has 2 aromatic rings. The Kier molecular flexibility index (Phi) is 84.6. The molecule has 8 heteroatoms. The molecule has 0 bridgehead atoms. The van der Waals surface area contributed by atoms with E-state index in [2.05, 4.69) is 336 Å². The van der Waals surface area contributed by atoms with Gasteiger partial charge in [-0.15, -0.1) is 18.9 Å². The number of thioether (sulfide) groups is 1. The van der Waals surface area contributed by atoms with Crippen molar-refractivity contribution in [2.45, 2.75) is 551 Å². The number of unbranched alkanes of at least 4 members (excludes halogenated alkanes) is 1. The fourth-order valence-corrected chi connectivity index (χ4v) is 11.3. The van der Waals surface area contributed by atoms with E-state index in [1.54, 1.807) is 6.92 Å². The molecular formula is C116H231F7S. The zero-order valence-corrected chi connectivity index (χ0v) is 94.5. The van der Waals surface area contributed by atoms with Crippen LogP contribution in [0.15, 0.2) is 73.3 Å². The average Bonchev–Trinajstić information content (AvgIpc) is 1.58. The van der Waals surface area contributed by atoms with E-state index in [9.17, 15) is 30.7 Å². The maximum atomic E-state index is 12.3. The second-order valence-corrected chi connectivity index (χ2v) is 54.6. The highest BCUT2D eigenvalue weighted by Crippen LogP contribution is 2.40. The second kappa shape index (κ2) is 71.3. The molecule has 750 valence electrons. The largest absolute Gasteiger partial charge is 0.248 e. The van der Waals surface area contributed by atoms with Gasteiger partial charge in [-0.3, -0.25) is 0 Å². The average molecular weight is 1790 g/mol. The van der Waals surface area contributed by atoms with Gasteiger partial charge in [-0.05, 0) is 201 Å². The maximum Gasteiger partial charge on any atom is 0.245 e. The molecule has 1 unspecified atom stereocenters. The smallest absolute Gasteiger partial charge is 0.245 e. The van der Waals surface area contributed by atoms with Gasteiger partial charge in [0.15, 0.2) is 0 Å². The molecule has 0 amide bonds. The summed E-state index contributed by atoms with van der Waals surface area (Å²) in [4.78, 5) is 0. The van der Waals surface area contributed by atoms with Crippen LogP contribution in [-0.2, 0) is 11.8 Å². The highest BCUT2D eigenvalue weighted by molar-refractivity contribution is 7.98. The lowest BCUT2D eigenvalue weighted by Crippen LogP contribution is -2.20. The van der Waals surface area contributed by atoms with Crippen molar-refractivity contribution >= 4 is 11.8 Å². The quantitative estimate of drug-likeness (QED) is 0.0973. The van der Waals surface area contributed by atoms with E-state index < -0.39 is 24.4 Å². The zero-order valence-electron chi connectivity index (χ0n) is 93.7. The van der Waals surface area contributed by atoms with Gasteiger partial charge in [0.2, 0.25) is 18.3 Å². The van der Waals surface area contributed by atoms with Crippen LogP contribution in [0.1, 0.15) is 526 Å². The normalized spacial score (nSPS) is 13.6. The first-order chi connectivity index (χ1) is 54.0. The van der Waals surface area contributed by atoms with E-state index in [1.807, 2.05) is 101 Å². The lowest BCUT2D eigenvalue weighted by Gasteiger charge is -2.31. The highest BCUT2D eigenvalue weighted by atomic mass is 32.2.